The van der Waals surface area contributed by atoms with Crippen LogP contribution in [-0.2, 0) is 9.53 Å². The molecule has 0 aliphatic heterocycles. The Hall–Kier alpha value is -1.34. The van der Waals surface area contributed by atoms with E-state index in [1.165, 1.54) is 19.1 Å². The molecule has 0 saturated carbocycles. The number of carbonyl (C=O) groups is 2. The van der Waals surface area contributed by atoms with E-state index in [1.54, 1.807) is 0 Å². The van der Waals surface area contributed by atoms with Gasteiger partial charge in [0.25, 0.3) is 0 Å². The van der Waals surface area contributed by atoms with E-state index in [4.69, 9.17) is 14.9 Å². The third kappa shape index (κ3) is 6.75. The van der Waals surface area contributed by atoms with Gasteiger partial charge in [0.1, 0.15) is 6.04 Å². The molecule has 7 nitrogen and oxygen atoms in total. The molecule has 3 N–H and O–H groups in total. The second-order valence-electron chi connectivity index (χ2n) is 3.62. The van der Waals surface area contributed by atoms with Crippen molar-refractivity contribution in [2.75, 3.05) is 33.9 Å². The highest BCUT2D eigenvalue weighted by atomic mass is 16.5. The third-order valence-electron chi connectivity index (χ3n) is 2.22. The zero-order valence-corrected chi connectivity index (χ0v) is 10.2. The molecule has 7 heteroatoms. The summed E-state index contributed by atoms with van der Waals surface area (Å²) < 4.78 is 4.81. The van der Waals surface area contributed by atoms with E-state index in [9.17, 15) is 9.59 Å². The maximum atomic E-state index is 11.5. The first-order chi connectivity index (χ1) is 8.02. The molecule has 1 atom stereocenters. The number of carboxylic acids is 1. The summed E-state index contributed by atoms with van der Waals surface area (Å²) in [5, 5.41) is 19.9. The van der Waals surface area contributed by atoms with Crippen LogP contribution >= 0.6 is 0 Å². The Bertz CT molecular complexity index is 247. The number of hydrogen-bond donors (Lipinski definition) is 3. The number of aliphatic hydroxyl groups excluding tert-OH is 1. The average molecular weight is 248 g/mol. The van der Waals surface area contributed by atoms with Crippen molar-refractivity contribution in [3.05, 3.63) is 0 Å². The Kier molecular flexibility index (Phi) is 8.08. The van der Waals surface area contributed by atoms with Crippen LogP contribution in [0.15, 0.2) is 0 Å². The number of amides is 2. The van der Waals surface area contributed by atoms with Gasteiger partial charge in [0.05, 0.1) is 6.61 Å². The molecule has 0 aromatic rings. The number of carbonyl (C=O) groups excluding carboxylic acids is 1. The fourth-order valence-electron chi connectivity index (χ4n) is 1.20. The van der Waals surface area contributed by atoms with Crippen molar-refractivity contribution in [1.29, 1.82) is 0 Å². The molecule has 0 aromatic carbocycles. The van der Waals surface area contributed by atoms with Crippen molar-refractivity contribution < 1.29 is 24.5 Å². The molecule has 1 unspecified atom stereocenters. The molecule has 17 heavy (non-hydrogen) atoms. The SMILES string of the molecule is COCCCC(NC(=O)N(C)CCO)C(=O)O. The van der Waals surface area contributed by atoms with E-state index < -0.39 is 18.0 Å². The fraction of sp³-hybridized carbons (Fsp3) is 0.800. The molecule has 0 spiro atoms. The molecular weight excluding hydrogens is 228 g/mol. The second-order valence-corrected chi connectivity index (χ2v) is 3.62. The van der Waals surface area contributed by atoms with Gasteiger partial charge in [-0.15, -0.1) is 0 Å². The largest absolute Gasteiger partial charge is 0.480 e. The molecular formula is C10H20N2O5. The highest BCUT2D eigenvalue weighted by Gasteiger charge is 2.20. The highest BCUT2D eigenvalue weighted by Crippen LogP contribution is 1.99. The first-order valence-electron chi connectivity index (χ1n) is 5.37. The van der Waals surface area contributed by atoms with Gasteiger partial charge in [-0.05, 0) is 12.8 Å². The van der Waals surface area contributed by atoms with Crippen LogP contribution in [0, 0.1) is 0 Å². The zero-order valence-electron chi connectivity index (χ0n) is 10.2. The molecule has 0 saturated heterocycles. The van der Waals surface area contributed by atoms with Crippen LogP contribution in [-0.4, -0.2) is 67.1 Å². The summed E-state index contributed by atoms with van der Waals surface area (Å²) in [5.74, 6) is -1.08. The zero-order chi connectivity index (χ0) is 13.3. The summed E-state index contributed by atoms with van der Waals surface area (Å²) in [6.45, 7) is 0.452. The molecule has 0 fully saturated rings. The van der Waals surface area contributed by atoms with Crippen LogP contribution in [0.2, 0.25) is 0 Å². The van der Waals surface area contributed by atoms with Crippen LogP contribution in [0.25, 0.3) is 0 Å². The van der Waals surface area contributed by atoms with Crippen molar-refractivity contribution in [3.63, 3.8) is 0 Å². The normalized spacial score (nSPS) is 11.9. The minimum absolute atomic E-state index is 0.161. The predicted octanol–water partition coefficient (Wildman–Crippen LogP) is -0.500. The van der Waals surface area contributed by atoms with E-state index in [-0.39, 0.29) is 13.2 Å². The topological polar surface area (TPSA) is 99.1 Å². The van der Waals surface area contributed by atoms with Gasteiger partial charge in [-0.1, -0.05) is 0 Å². The lowest BCUT2D eigenvalue weighted by atomic mass is 10.1. The van der Waals surface area contributed by atoms with E-state index in [0.29, 0.717) is 19.4 Å². The number of nitrogens with one attached hydrogen (secondary N) is 1. The van der Waals surface area contributed by atoms with Crippen molar-refractivity contribution in [3.8, 4) is 0 Å². The van der Waals surface area contributed by atoms with Gasteiger partial charge in [0, 0.05) is 27.3 Å². The minimum atomic E-state index is -1.08. The predicted molar refractivity (Wildman–Crippen MR) is 60.8 cm³/mol. The van der Waals surface area contributed by atoms with Crippen molar-refractivity contribution in [2.45, 2.75) is 18.9 Å². The monoisotopic (exact) mass is 248 g/mol. The van der Waals surface area contributed by atoms with Gasteiger partial charge in [-0.3, -0.25) is 0 Å². The summed E-state index contributed by atoms with van der Waals surface area (Å²) >= 11 is 0. The number of aliphatic carboxylic acids is 1. The smallest absolute Gasteiger partial charge is 0.326 e. The van der Waals surface area contributed by atoms with E-state index in [0.717, 1.165) is 0 Å². The summed E-state index contributed by atoms with van der Waals surface area (Å²) in [5.41, 5.74) is 0. The quantitative estimate of drug-likeness (QED) is 0.503. The Morgan fingerprint density at radius 3 is 2.59 bits per heavy atom. The number of hydrogen-bond acceptors (Lipinski definition) is 4. The number of ether oxygens (including phenoxy) is 1. The van der Waals surface area contributed by atoms with Crippen molar-refractivity contribution in [1.82, 2.24) is 10.2 Å². The number of urea groups is 1. The maximum absolute atomic E-state index is 11.5. The standard InChI is InChI=1S/C10H20N2O5/c1-12(5-6-13)10(16)11-8(9(14)15)4-3-7-17-2/h8,13H,3-7H2,1-2H3,(H,11,16)(H,14,15). The molecule has 0 aromatic heterocycles. The van der Waals surface area contributed by atoms with Gasteiger partial charge in [-0.2, -0.15) is 0 Å². The Balaban J connectivity index is 4.15. The Morgan fingerprint density at radius 2 is 2.12 bits per heavy atom. The van der Waals surface area contributed by atoms with E-state index in [1.807, 2.05) is 0 Å². The number of likely N-dealkylation sites (N-methyl/N-ethyl adjacent to an activating group) is 1. The Labute approximate surface area is 100 Å². The van der Waals surface area contributed by atoms with Crippen molar-refractivity contribution >= 4 is 12.0 Å². The summed E-state index contributed by atoms with van der Waals surface area (Å²) in [7, 11) is 3.02. The molecule has 100 valence electrons. The molecule has 0 heterocycles. The van der Waals surface area contributed by atoms with Crippen LogP contribution < -0.4 is 5.32 Å². The number of nitrogens with zero attached hydrogens (tertiary/aromatic N) is 1. The van der Waals surface area contributed by atoms with E-state index in [2.05, 4.69) is 5.32 Å². The first kappa shape index (κ1) is 15.7. The van der Waals surface area contributed by atoms with Gasteiger partial charge in [-0.25, -0.2) is 9.59 Å². The van der Waals surface area contributed by atoms with Crippen LogP contribution in [0.3, 0.4) is 0 Å². The second kappa shape index (κ2) is 8.77. The molecule has 0 aliphatic carbocycles. The molecule has 2 amide bonds. The van der Waals surface area contributed by atoms with Crippen LogP contribution in [0.4, 0.5) is 4.79 Å². The number of aliphatic hydroxyl groups is 1. The van der Waals surface area contributed by atoms with Gasteiger partial charge < -0.3 is 25.2 Å². The number of rotatable bonds is 8. The Morgan fingerprint density at radius 1 is 1.47 bits per heavy atom. The van der Waals surface area contributed by atoms with Crippen LogP contribution in [0.5, 0.6) is 0 Å². The van der Waals surface area contributed by atoms with Gasteiger partial charge in [0.15, 0.2) is 0 Å². The van der Waals surface area contributed by atoms with Gasteiger partial charge >= 0.3 is 12.0 Å². The lowest BCUT2D eigenvalue weighted by Gasteiger charge is -2.20. The molecule has 0 rings (SSSR count). The summed E-state index contributed by atoms with van der Waals surface area (Å²) in [4.78, 5) is 23.6. The number of methoxy groups -OCH3 is 1. The summed E-state index contributed by atoms with van der Waals surface area (Å²) in [6.07, 6.45) is 0.860. The van der Waals surface area contributed by atoms with Gasteiger partial charge in [0.2, 0.25) is 0 Å². The number of carboxylic acid groups (broad SMARTS) is 1. The lowest BCUT2D eigenvalue weighted by Crippen LogP contribution is -2.47. The average Bonchev–Trinajstić information content (AvgIpc) is 2.27. The molecule has 0 bridgehead atoms. The highest BCUT2D eigenvalue weighted by molar-refractivity contribution is 5.82. The van der Waals surface area contributed by atoms with Crippen molar-refractivity contribution in [2.24, 2.45) is 0 Å². The summed E-state index contributed by atoms with van der Waals surface area (Å²) in [6, 6.07) is -1.44. The van der Waals surface area contributed by atoms with E-state index >= 15 is 0 Å². The minimum Gasteiger partial charge on any atom is -0.480 e. The molecule has 0 aliphatic rings. The fourth-order valence-corrected chi connectivity index (χ4v) is 1.20. The van der Waals surface area contributed by atoms with Crippen LogP contribution in [0.1, 0.15) is 12.8 Å². The third-order valence-corrected chi connectivity index (χ3v) is 2.22. The maximum Gasteiger partial charge on any atom is 0.326 e. The first-order valence-corrected chi connectivity index (χ1v) is 5.37. The molecule has 0 radical (unpaired) electrons. The lowest BCUT2D eigenvalue weighted by molar-refractivity contribution is -0.139.